The predicted molar refractivity (Wildman–Crippen MR) is 50.6 cm³/mol. The van der Waals surface area contributed by atoms with Crippen molar-refractivity contribution in [3.05, 3.63) is 21.6 Å². The normalized spacial score (nSPS) is 16.1. The van der Waals surface area contributed by atoms with Crippen molar-refractivity contribution in [1.29, 1.82) is 0 Å². The van der Waals surface area contributed by atoms with E-state index in [-0.39, 0.29) is 5.56 Å². The molecule has 0 saturated heterocycles. The molecule has 0 saturated carbocycles. The summed E-state index contributed by atoms with van der Waals surface area (Å²) in [6.45, 7) is 2.92. The second-order valence-electron chi connectivity index (χ2n) is 2.91. The number of aromatic nitrogens is 2. The minimum Gasteiger partial charge on any atom is -0.288 e. The highest BCUT2D eigenvalue weighted by Crippen LogP contribution is 2.21. The molecule has 4 heteroatoms. The first-order chi connectivity index (χ1) is 5.83. The van der Waals surface area contributed by atoms with Crippen LogP contribution in [0, 0.1) is 0 Å². The topological polar surface area (TPSA) is 37.8 Å². The van der Waals surface area contributed by atoms with Gasteiger partial charge in [0.15, 0.2) is 0 Å². The lowest BCUT2D eigenvalue weighted by Crippen LogP contribution is -2.10. The fourth-order valence-corrected chi connectivity index (χ4v) is 2.60. The fraction of sp³-hybridized carbons (Fsp3) is 0.625. The summed E-state index contributed by atoms with van der Waals surface area (Å²) in [6, 6.07) is 0. The van der Waals surface area contributed by atoms with E-state index < -0.39 is 0 Å². The van der Waals surface area contributed by atoms with Crippen LogP contribution in [0.3, 0.4) is 0 Å². The van der Waals surface area contributed by atoms with E-state index >= 15 is 0 Å². The van der Waals surface area contributed by atoms with Gasteiger partial charge < -0.3 is 0 Å². The highest BCUT2D eigenvalue weighted by molar-refractivity contribution is 7.98. The zero-order chi connectivity index (χ0) is 8.55. The van der Waals surface area contributed by atoms with Gasteiger partial charge in [0.1, 0.15) is 0 Å². The number of rotatable bonds is 1. The Hall–Kier alpha value is -0.640. The van der Waals surface area contributed by atoms with Crippen LogP contribution in [0.25, 0.3) is 0 Å². The van der Waals surface area contributed by atoms with Gasteiger partial charge in [-0.2, -0.15) is 11.8 Å². The second-order valence-corrected chi connectivity index (χ2v) is 4.02. The van der Waals surface area contributed by atoms with E-state index in [0.717, 1.165) is 30.0 Å². The summed E-state index contributed by atoms with van der Waals surface area (Å²) in [7, 11) is 0. The Morgan fingerprint density at radius 1 is 1.67 bits per heavy atom. The third-order valence-electron chi connectivity index (χ3n) is 2.24. The van der Waals surface area contributed by atoms with Crippen LogP contribution in [-0.2, 0) is 18.7 Å². The highest BCUT2D eigenvalue weighted by Gasteiger charge is 2.17. The van der Waals surface area contributed by atoms with E-state index in [9.17, 15) is 4.79 Å². The Morgan fingerprint density at radius 2 is 2.50 bits per heavy atom. The van der Waals surface area contributed by atoms with Gasteiger partial charge in [0, 0.05) is 17.9 Å². The molecule has 1 N–H and O–H groups in total. The maximum absolute atomic E-state index is 11.4. The minimum absolute atomic E-state index is 0.118. The SMILES string of the molecule is CCn1[nH]c(=O)c2c1CSCC2. The summed E-state index contributed by atoms with van der Waals surface area (Å²) in [5, 5.41) is 2.85. The fourth-order valence-electron chi connectivity index (χ4n) is 1.59. The molecule has 0 unspecified atom stereocenters. The molecular formula is C8H12N2OS. The number of H-pyrrole nitrogens is 1. The van der Waals surface area contributed by atoms with E-state index in [1.807, 2.05) is 16.4 Å². The average Bonchev–Trinajstić information content (AvgIpc) is 2.44. The maximum atomic E-state index is 11.4. The van der Waals surface area contributed by atoms with Gasteiger partial charge in [0.25, 0.3) is 5.56 Å². The first kappa shape index (κ1) is 7.98. The molecule has 0 radical (unpaired) electrons. The van der Waals surface area contributed by atoms with Crippen molar-refractivity contribution in [3.63, 3.8) is 0 Å². The van der Waals surface area contributed by atoms with Gasteiger partial charge in [-0.15, -0.1) is 0 Å². The Labute approximate surface area is 75.1 Å². The van der Waals surface area contributed by atoms with Crippen molar-refractivity contribution in [2.45, 2.75) is 25.6 Å². The lowest BCUT2D eigenvalue weighted by molar-refractivity contribution is 0.629. The molecule has 2 rings (SSSR count). The van der Waals surface area contributed by atoms with E-state index in [1.54, 1.807) is 0 Å². The number of aromatic amines is 1. The Bertz CT molecular complexity index is 339. The van der Waals surface area contributed by atoms with Gasteiger partial charge in [-0.25, -0.2) is 0 Å². The number of hydrogen-bond donors (Lipinski definition) is 1. The molecule has 3 nitrogen and oxygen atoms in total. The Kier molecular flexibility index (Phi) is 2.00. The van der Waals surface area contributed by atoms with Gasteiger partial charge in [0.05, 0.1) is 5.69 Å². The summed E-state index contributed by atoms with van der Waals surface area (Å²) in [4.78, 5) is 11.4. The average molecular weight is 184 g/mol. The Morgan fingerprint density at radius 3 is 3.25 bits per heavy atom. The number of fused-ring (bicyclic) bond motifs is 1. The summed E-state index contributed by atoms with van der Waals surface area (Å²) in [6.07, 6.45) is 0.933. The molecule has 12 heavy (non-hydrogen) atoms. The van der Waals surface area contributed by atoms with E-state index in [0.29, 0.717) is 0 Å². The number of hydrogen-bond acceptors (Lipinski definition) is 2. The standard InChI is InChI=1S/C8H12N2OS/c1-2-10-7-5-12-4-3-6(7)8(11)9-10/h2-5H2,1H3,(H,9,11). The molecule has 0 amide bonds. The van der Waals surface area contributed by atoms with Crippen LogP contribution in [0.1, 0.15) is 18.2 Å². The number of nitrogens with zero attached hydrogens (tertiary/aromatic N) is 1. The van der Waals surface area contributed by atoms with Crippen LogP contribution in [0.4, 0.5) is 0 Å². The number of aryl methyl sites for hydroxylation is 1. The largest absolute Gasteiger partial charge is 0.288 e. The van der Waals surface area contributed by atoms with Crippen molar-refractivity contribution in [2.75, 3.05) is 5.75 Å². The van der Waals surface area contributed by atoms with Crippen molar-refractivity contribution < 1.29 is 0 Å². The summed E-state index contributed by atoms with van der Waals surface area (Å²) >= 11 is 1.90. The molecule has 0 aliphatic carbocycles. The molecule has 66 valence electrons. The van der Waals surface area contributed by atoms with Crippen molar-refractivity contribution in [3.8, 4) is 0 Å². The molecular weight excluding hydrogens is 172 g/mol. The van der Waals surface area contributed by atoms with Gasteiger partial charge in [-0.05, 0) is 19.1 Å². The lowest BCUT2D eigenvalue weighted by Gasteiger charge is -2.11. The molecule has 1 aliphatic rings. The quantitative estimate of drug-likeness (QED) is 0.706. The second kappa shape index (κ2) is 3.01. The van der Waals surface area contributed by atoms with Crippen LogP contribution in [0.5, 0.6) is 0 Å². The zero-order valence-corrected chi connectivity index (χ0v) is 7.91. The molecule has 1 aromatic rings. The van der Waals surface area contributed by atoms with E-state index in [4.69, 9.17) is 0 Å². The zero-order valence-electron chi connectivity index (χ0n) is 7.09. The van der Waals surface area contributed by atoms with E-state index in [1.165, 1.54) is 5.69 Å². The molecule has 0 fully saturated rings. The van der Waals surface area contributed by atoms with Crippen molar-refractivity contribution in [2.24, 2.45) is 0 Å². The van der Waals surface area contributed by atoms with Crippen LogP contribution in [0.15, 0.2) is 4.79 Å². The molecule has 2 heterocycles. The third-order valence-corrected chi connectivity index (χ3v) is 3.21. The van der Waals surface area contributed by atoms with Gasteiger partial charge >= 0.3 is 0 Å². The Balaban J connectivity index is 2.54. The van der Waals surface area contributed by atoms with Crippen LogP contribution < -0.4 is 5.56 Å². The first-order valence-corrected chi connectivity index (χ1v) is 5.36. The molecule has 1 aliphatic heterocycles. The third kappa shape index (κ3) is 1.10. The van der Waals surface area contributed by atoms with E-state index in [2.05, 4.69) is 12.0 Å². The number of nitrogens with one attached hydrogen (secondary N) is 1. The van der Waals surface area contributed by atoms with Crippen LogP contribution in [-0.4, -0.2) is 15.5 Å². The lowest BCUT2D eigenvalue weighted by atomic mass is 10.2. The molecule has 0 bridgehead atoms. The number of thioether (sulfide) groups is 1. The minimum atomic E-state index is 0.118. The molecule has 0 aromatic carbocycles. The summed E-state index contributed by atoms with van der Waals surface area (Å²) in [5.41, 5.74) is 2.33. The molecule has 1 aromatic heterocycles. The van der Waals surface area contributed by atoms with Gasteiger partial charge in [-0.3, -0.25) is 14.6 Å². The van der Waals surface area contributed by atoms with Gasteiger partial charge in [0.2, 0.25) is 0 Å². The predicted octanol–water partition coefficient (Wildman–Crippen LogP) is 0.986. The maximum Gasteiger partial charge on any atom is 0.267 e. The smallest absolute Gasteiger partial charge is 0.267 e. The summed E-state index contributed by atoms with van der Waals surface area (Å²) < 4.78 is 1.96. The molecule has 0 atom stereocenters. The van der Waals surface area contributed by atoms with Crippen molar-refractivity contribution >= 4 is 11.8 Å². The first-order valence-electron chi connectivity index (χ1n) is 4.21. The van der Waals surface area contributed by atoms with Crippen molar-refractivity contribution in [1.82, 2.24) is 9.78 Å². The van der Waals surface area contributed by atoms with Gasteiger partial charge in [-0.1, -0.05) is 0 Å². The monoisotopic (exact) mass is 184 g/mol. The van der Waals surface area contributed by atoms with Crippen LogP contribution >= 0.6 is 11.8 Å². The molecule has 0 spiro atoms. The summed E-state index contributed by atoms with van der Waals surface area (Å²) in [5.74, 6) is 2.08. The highest BCUT2D eigenvalue weighted by atomic mass is 32.2. The van der Waals surface area contributed by atoms with Crippen LogP contribution in [0.2, 0.25) is 0 Å².